The van der Waals surface area contributed by atoms with Crippen molar-refractivity contribution in [3.63, 3.8) is 0 Å². The number of piperazine rings is 1. The number of ether oxygens (including phenoxy) is 3. The van der Waals surface area contributed by atoms with E-state index in [-0.39, 0.29) is 12.5 Å². The van der Waals surface area contributed by atoms with Crippen LogP contribution in [0.5, 0.6) is 23.0 Å². The minimum absolute atomic E-state index is 0.118. The van der Waals surface area contributed by atoms with E-state index in [9.17, 15) is 5.11 Å². The number of para-hydroxylation sites is 1. The number of rotatable bonds is 8. The number of nitrogens with zero attached hydrogens (tertiary/aromatic N) is 3. The summed E-state index contributed by atoms with van der Waals surface area (Å²) in [6.45, 7) is 6.56. The first-order valence-electron chi connectivity index (χ1n) is 12.0. The lowest BCUT2D eigenvalue weighted by molar-refractivity contribution is 0.154. The maximum Gasteiger partial charge on any atom is 0.231 e. The fourth-order valence-corrected chi connectivity index (χ4v) is 4.52. The number of likely N-dealkylation sites (N-methyl/N-ethyl adjacent to an activating group) is 1. The number of aromatic nitrogens is 1. The third-order valence-electron chi connectivity index (χ3n) is 6.57. The smallest absolute Gasteiger partial charge is 0.231 e. The lowest BCUT2D eigenvalue weighted by Crippen LogP contribution is -2.44. The zero-order valence-corrected chi connectivity index (χ0v) is 20.3. The van der Waals surface area contributed by atoms with E-state index in [1.54, 1.807) is 13.2 Å². The van der Waals surface area contributed by atoms with Gasteiger partial charge >= 0.3 is 0 Å². The molecule has 0 amide bonds. The highest BCUT2D eigenvalue weighted by Gasteiger charge is 2.20. The summed E-state index contributed by atoms with van der Waals surface area (Å²) in [5, 5.41) is 14.2. The van der Waals surface area contributed by atoms with Crippen LogP contribution in [-0.4, -0.2) is 80.1 Å². The third-order valence-corrected chi connectivity index (χ3v) is 6.57. The Morgan fingerprint density at radius 2 is 1.89 bits per heavy atom. The van der Waals surface area contributed by atoms with Crippen LogP contribution in [-0.2, 0) is 0 Å². The Hall–Kier alpha value is -3.49. The van der Waals surface area contributed by atoms with Crippen molar-refractivity contribution in [3.8, 4) is 45.4 Å². The highest BCUT2D eigenvalue weighted by atomic mass is 16.7. The number of nitrogens with one attached hydrogen (secondary N) is 1. The van der Waals surface area contributed by atoms with E-state index in [0.29, 0.717) is 17.0 Å². The summed E-state index contributed by atoms with van der Waals surface area (Å²) in [6, 6.07) is 15.1. The largest absolute Gasteiger partial charge is 0.507 e. The topological polar surface area (TPSA) is 79.3 Å². The van der Waals surface area contributed by atoms with Crippen LogP contribution in [0.25, 0.3) is 22.4 Å². The maximum absolute atomic E-state index is 10.7. The third kappa shape index (κ3) is 5.28. The Bertz CT molecular complexity index is 1180. The Morgan fingerprint density at radius 1 is 1.03 bits per heavy atom. The van der Waals surface area contributed by atoms with Gasteiger partial charge in [0.15, 0.2) is 11.5 Å². The lowest BCUT2D eigenvalue weighted by atomic mass is 10.0. The molecule has 2 aromatic carbocycles. The van der Waals surface area contributed by atoms with Crippen LogP contribution in [0.15, 0.2) is 48.5 Å². The molecule has 8 heteroatoms. The van der Waals surface area contributed by atoms with Crippen LogP contribution < -0.4 is 19.5 Å². The number of phenolic OH excluding ortho intramolecular Hbond substituents is 1. The molecule has 1 aromatic heterocycles. The van der Waals surface area contributed by atoms with Crippen molar-refractivity contribution in [3.05, 3.63) is 48.5 Å². The van der Waals surface area contributed by atoms with Gasteiger partial charge in [-0.1, -0.05) is 12.1 Å². The molecule has 2 aliphatic heterocycles. The Balaban J connectivity index is 1.40. The summed E-state index contributed by atoms with van der Waals surface area (Å²) in [4.78, 5) is 9.71. The van der Waals surface area contributed by atoms with Crippen LogP contribution in [0, 0.1) is 0 Å². The van der Waals surface area contributed by atoms with Gasteiger partial charge in [-0.3, -0.25) is 0 Å². The summed E-state index contributed by atoms with van der Waals surface area (Å²) < 4.78 is 16.6. The molecule has 0 unspecified atom stereocenters. The zero-order valence-electron chi connectivity index (χ0n) is 20.3. The number of hydrogen-bond acceptors (Lipinski definition) is 8. The minimum atomic E-state index is 0.118. The van der Waals surface area contributed by atoms with Crippen molar-refractivity contribution in [2.24, 2.45) is 0 Å². The second-order valence-corrected chi connectivity index (χ2v) is 8.97. The highest BCUT2D eigenvalue weighted by molar-refractivity contribution is 5.81. The SMILES string of the molecule is COc1ccc(-c2cc(-c3cccc4c3OCO4)cc(NCCCN3CCN(C)CC3)n2)c(O)c1. The van der Waals surface area contributed by atoms with Gasteiger partial charge in [-0.15, -0.1) is 0 Å². The first kappa shape index (κ1) is 23.3. The molecule has 2 N–H and O–H groups in total. The number of pyridine rings is 1. The van der Waals surface area contributed by atoms with Crippen molar-refractivity contribution in [1.82, 2.24) is 14.8 Å². The molecule has 0 radical (unpaired) electrons. The quantitative estimate of drug-likeness (QED) is 0.474. The second-order valence-electron chi connectivity index (χ2n) is 8.97. The monoisotopic (exact) mass is 476 g/mol. The van der Waals surface area contributed by atoms with Crippen molar-refractivity contribution in [2.45, 2.75) is 6.42 Å². The van der Waals surface area contributed by atoms with Crippen LogP contribution >= 0.6 is 0 Å². The molecule has 3 aromatic rings. The number of fused-ring (bicyclic) bond motifs is 1. The predicted octanol–water partition coefficient (Wildman–Crippen LogP) is 3.91. The van der Waals surface area contributed by atoms with Crippen molar-refractivity contribution >= 4 is 5.82 Å². The van der Waals surface area contributed by atoms with E-state index in [0.717, 1.165) is 74.1 Å². The molecule has 3 heterocycles. The molecule has 0 saturated carbocycles. The molecule has 184 valence electrons. The van der Waals surface area contributed by atoms with Gasteiger partial charge in [0, 0.05) is 49.9 Å². The van der Waals surface area contributed by atoms with Crippen molar-refractivity contribution in [1.29, 1.82) is 0 Å². The maximum atomic E-state index is 10.7. The molecular weight excluding hydrogens is 444 g/mol. The number of aromatic hydroxyl groups is 1. The molecule has 1 saturated heterocycles. The van der Waals surface area contributed by atoms with Gasteiger partial charge in [-0.05, 0) is 55.9 Å². The summed E-state index contributed by atoms with van der Waals surface area (Å²) in [5.74, 6) is 2.92. The van der Waals surface area contributed by atoms with E-state index in [1.165, 1.54) is 0 Å². The number of methoxy groups -OCH3 is 1. The minimum Gasteiger partial charge on any atom is -0.507 e. The first-order chi connectivity index (χ1) is 17.1. The summed E-state index contributed by atoms with van der Waals surface area (Å²) in [5.41, 5.74) is 3.17. The van der Waals surface area contributed by atoms with E-state index >= 15 is 0 Å². The van der Waals surface area contributed by atoms with E-state index in [1.807, 2.05) is 42.5 Å². The molecule has 2 aliphatic rings. The molecular formula is C27H32N4O4. The molecule has 1 fully saturated rings. The molecule has 35 heavy (non-hydrogen) atoms. The van der Waals surface area contributed by atoms with E-state index < -0.39 is 0 Å². The van der Waals surface area contributed by atoms with Crippen LogP contribution in [0.4, 0.5) is 5.82 Å². The molecule has 0 aliphatic carbocycles. The highest BCUT2D eigenvalue weighted by Crippen LogP contribution is 2.43. The van der Waals surface area contributed by atoms with Gasteiger partial charge < -0.3 is 34.4 Å². The molecule has 0 atom stereocenters. The molecule has 0 bridgehead atoms. The lowest BCUT2D eigenvalue weighted by Gasteiger charge is -2.32. The van der Waals surface area contributed by atoms with Gasteiger partial charge in [0.05, 0.1) is 12.8 Å². The summed E-state index contributed by atoms with van der Waals surface area (Å²) >= 11 is 0. The average molecular weight is 477 g/mol. The molecule has 0 spiro atoms. The normalized spacial score (nSPS) is 15.8. The first-order valence-corrected chi connectivity index (χ1v) is 12.0. The van der Waals surface area contributed by atoms with Crippen LogP contribution in [0.1, 0.15) is 6.42 Å². The van der Waals surface area contributed by atoms with Gasteiger partial charge in [-0.2, -0.15) is 0 Å². The molecule has 8 nitrogen and oxygen atoms in total. The number of hydrogen-bond donors (Lipinski definition) is 2. The fraction of sp³-hybridized carbons (Fsp3) is 0.370. The van der Waals surface area contributed by atoms with Crippen LogP contribution in [0.3, 0.4) is 0 Å². The summed E-state index contributed by atoms with van der Waals surface area (Å²) in [6.07, 6.45) is 1.02. The average Bonchev–Trinajstić information content (AvgIpc) is 3.36. The fourth-order valence-electron chi connectivity index (χ4n) is 4.52. The van der Waals surface area contributed by atoms with Gasteiger partial charge in [-0.25, -0.2) is 4.98 Å². The van der Waals surface area contributed by atoms with E-state index in [2.05, 4.69) is 22.2 Å². The predicted molar refractivity (Wildman–Crippen MR) is 136 cm³/mol. The molecule has 5 rings (SSSR count). The number of benzene rings is 2. The Labute approximate surface area is 206 Å². The van der Waals surface area contributed by atoms with E-state index in [4.69, 9.17) is 19.2 Å². The standard InChI is InChI=1S/C27H32N4O4/c1-30-11-13-31(14-12-30)10-4-9-28-26-16-19(21-5-3-6-25-27(21)35-18-34-25)15-23(29-26)22-8-7-20(33-2)17-24(22)32/h3,5-8,15-17,32H,4,9-14,18H2,1-2H3,(H,28,29). The Morgan fingerprint density at radius 3 is 2.69 bits per heavy atom. The number of phenols is 1. The van der Waals surface area contributed by atoms with Crippen LogP contribution in [0.2, 0.25) is 0 Å². The van der Waals surface area contributed by atoms with Gasteiger partial charge in [0.2, 0.25) is 6.79 Å². The number of anilines is 1. The second kappa shape index (κ2) is 10.4. The van der Waals surface area contributed by atoms with Crippen molar-refractivity contribution in [2.75, 3.05) is 65.5 Å². The Kier molecular flexibility index (Phi) is 6.92. The summed E-state index contributed by atoms with van der Waals surface area (Å²) in [7, 11) is 3.75. The van der Waals surface area contributed by atoms with Gasteiger partial charge in [0.1, 0.15) is 17.3 Å². The zero-order chi connectivity index (χ0) is 24.2. The van der Waals surface area contributed by atoms with Crippen molar-refractivity contribution < 1.29 is 19.3 Å². The van der Waals surface area contributed by atoms with Gasteiger partial charge in [0.25, 0.3) is 0 Å².